The van der Waals surface area contributed by atoms with Gasteiger partial charge in [0.1, 0.15) is 12.1 Å². The summed E-state index contributed by atoms with van der Waals surface area (Å²) < 4.78 is 10.5. The molecule has 0 radical (unpaired) electrons. The van der Waals surface area contributed by atoms with E-state index in [1.165, 1.54) is 0 Å². The van der Waals surface area contributed by atoms with E-state index in [0.29, 0.717) is 22.6 Å². The molecule has 5 nitrogen and oxygen atoms in total. The van der Waals surface area contributed by atoms with E-state index in [9.17, 15) is 5.26 Å². The van der Waals surface area contributed by atoms with Crippen LogP contribution in [0.3, 0.4) is 0 Å². The van der Waals surface area contributed by atoms with Crippen LogP contribution in [0.15, 0.2) is 24.3 Å². The number of hydrogen-bond donors (Lipinski definition) is 1. The van der Waals surface area contributed by atoms with Crippen molar-refractivity contribution >= 4 is 5.69 Å². The standard InChI is InChI=1S/C17H15N3O2/c1-10-6-12(14(9-19)17(20)13(10)8-18)11-4-5-15(21-2)16(7-11)22-3/h4-7H,20H2,1-3H3. The number of benzene rings is 2. The molecule has 2 aromatic carbocycles. The van der Waals surface area contributed by atoms with Gasteiger partial charge < -0.3 is 15.2 Å². The molecule has 0 unspecified atom stereocenters. The van der Waals surface area contributed by atoms with Crippen molar-refractivity contribution in [1.29, 1.82) is 10.5 Å². The molecule has 0 amide bonds. The molecule has 22 heavy (non-hydrogen) atoms. The van der Waals surface area contributed by atoms with Gasteiger partial charge in [0.15, 0.2) is 11.5 Å². The maximum Gasteiger partial charge on any atom is 0.161 e. The second-order valence-electron chi connectivity index (χ2n) is 4.70. The molecule has 2 aromatic rings. The first kappa shape index (κ1) is 15.2. The Balaban J connectivity index is 2.74. The van der Waals surface area contributed by atoms with Crippen LogP contribution in [-0.2, 0) is 0 Å². The lowest BCUT2D eigenvalue weighted by Gasteiger charge is -2.13. The number of ether oxygens (including phenoxy) is 2. The summed E-state index contributed by atoms with van der Waals surface area (Å²) in [5, 5.41) is 18.6. The van der Waals surface area contributed by atoms with Gasteiger partial charge >= 0.3 is 0 Å². The van der Waals surface area contributed by atoms with Gasteiger partial charge in [-0.1, -0.05) is 6.07 Å². The molecule has 0 saturated heterocycles. The SMILES string of the molecule is COc1ccc(-c2cc(C)c(C#N)c(N)c2C#N)cc1OC. The first-order valence-corrected chi connectivity index (χ1v) is 6.53. The maximum atomic E-state index is 9.40. The summed E-state index contributed by atoms with van der Waals surface area (Å²) in [6.07, 6.45) is 0. The Morgan fingerprint density at radius 1 is 0.955 bits per heavy atom. The highest BCUT2D eigenvalue weighted by Crippen LogP contribution is 2.36. The number of nitrogen functional groups attached to an aromatic ring is 1. The highest BCUT2D eigenvalue weighted by Gasteiger charge is 2.16. The Kier molecular flexibility index (Phi) is 4.20. The van der Waals surface area contributed by atoms with Crippen LogP contribution in [0.2, 0.25) is 0 Å². The predicted octanol–water partition coefficient (Wildman–Crippen LogP) is 3.00. The summed E-state index contributed by atoms with van der Waals surface area (Å²) in [7, 11) is 3.10. The molecule has 0 heterocycles. The number of nitriles is 2. The van der Waals surface area contributed by atoms with Crippen LogP contribution in [0.1, 0.15) is 16.7 Å². The molecule has 2 N–H and O–H groups in total. The third kappa shape index (κ3) is 2.41. The summed E-state index contributed by atoms with van der Waals surface area (Å²) >= 11 is 0. The third-order valence-electron chi connectivity index (χ3n) is 3.48. The van der Waals surface area contributed by atoms with Crippen LogP contribution in [0.25, 0.3) is 11.1 Å². The van der Waals surface area contributed by atoms with Crippen LogP contribution in [0.5, 0.6) is 11.5 Å². The second kappa shape index (κ2) is 6.07. The number of nitrogens with two attached hydrogens (primary N) is 1. The van der Waals surface area contributed by atoms with E-state index in [-0.39, 0.29) is 11.3 Å². The zero-order valence-electron chi connectivity index (χ0n) is 12.6. The first-order chi connectivity index (χ1) is 10.6. The van der Waals surface area contributed by atoms with Gasteiger partial charge in [-0.2, -0.15) is 10.5 Å². The normalized spacial score (nSPS) is 9.68. The summed E-state index contributed by atoms with van der Waals surface area (Å²) in [6, 6.07) is 11.3. The van der Waals surface area contributed by atoms with Crippen LogP contribution in [-0.4, -0.2) is 14.2 Å². The van der Waals surface area contributed by atoms with Gasteiger partial charge in [-0.25, -0.2) is 0 Å². The van der Waals surface area contributed by atoms with E-state index in [1.807, 2.05) is 12.1 Å². The van der Waals surface area contributed by atoms with Gasteiger partial charge in [-0.15, -0.1) is 0 Å². The summed E-state index contributed by atoms with van der Waals surface area (Å²) in [5.74, 6) is 1.16. The molecule has 0 bridgehead atoms. The van der Waals surface area contributed by atoms with Gasteiger partial charge in [-0.05, 0) is 36.2 Å². The molecule has 2 rings (SSSR count). The Labute approximate surface area is 129 Å². The summed E-state index contributed by atoms with van der Waals surface area (Å²) in [5.41, 5.74) is 8.95. The number of aryl methyl sites for hydroxylation is 1. The molecular formula is C17H15N3O2. The molecule has 0 saturated carbocycles. The monoisotopic (exact) mass is 293 g/mol. The summed E-state index contributed by atoms with van der Waals surface area (Å²) in [4.78, 5) is 0. The van der Waals surface area contributed by atoms with E-state index in [4.69, 9.17) is 20.5 Å². The minimum absolute atomic E-state index is 0.204. The molecule has 0 spiro atoms. The zero-order chi connectivity index (χ0) is 16.3. The fraction of sp³-hybridized carbons (Fsp3) is 0.176. The lowest BCUT2D eigenvalue weighted by molar-refractivity contribution is 0.355. The van der Waals surface area contributed by atoms with Crippen molar-refractivity contribution in [2.45, 2.75) is 6.92 Å². The first-order valence-electron chi connectivity index (χ1n) is 6.53. The number of rotatable bonds is 3. The Morgan fingerprint density at radius 3 is 2.14 bits per heavy atom. The lowest BCUT2D eigenvalue weighted by atomic mass is 9.93. The molecule has 0 aliphatic rings. The largest absolute Gasteiger partial charge is 0.493 e. The quantitative estimate of drug-likeness (QED) is 0.878. The van der Waals surface area contributed by atoms with Crippen molar-refractivity contribution in [3.63, 3.8) is 0 Å². The van der Waals surface area contributed by atoms with Crippen molar-refractivity contribution in [3.05, 3.63) is 41.0 Å². The van der Waals surface area contributed by atoms with E-state index < -0.39 is 0 Å². The topological polar surface area (TPSA) is 92.1 Å². The third-order valence-corrected chi connectivity index (χ3v) is 3.48. The molecule has 0 aliphatic heterocycles. The van der Waals surface area contributed by atoms with Gasteiger partial charge in [0.05, 0.1) is 31.0 Å². The predicted molar refractivity (Wildman–Crippen MR) is 83.6 cm³/mol. The average molecular weight is 293 g/mol. The minimum atomic E-state index is 0.204. The summed E-state index contributed by atoms with van der Waals surface area (Å²) in [6.45, 7) is 1.79. The Morgan fingerprint density at radius 2 is 1.59 bits per heavy atom. The second-order valence-corrected chi connectivity index (χ2v) is 4.70. The van der Waals surface area contributed by atoms with Gasteiger partial charge in [0.25, 0.3) is 0 Å². The zero-order valence-corrected chi connectivity index (χ0v) is 12.6. The average Bonchev–Trinajstić information content (AvgIpc) is 2.54. The number of hydrogen-bond acceptors (Lipinski definition) is 5. The Bertz CT molecular complexity index is 814. The fourth-order valence-corrected chi connectivity index (χ4v) is 2.34. The molecule has 0 atom stereocenters. The Hall–Kier alpha value is -3.18. The van der Waals surface area contributed by atoms with Gasteiger partial charge in [0, 0.05) is 5.56 Å². The number of methoxy groups -OCH3 is 2. The minimum Gasteiger partial charge on any atom is -0.493 e. The number of nitrogens with zero attached hydrogens (tertiary/aromatic N) is 2. The molecule has 0 aliphatic carbocycles. The van der Waals surface area contributed by atoms with Gasteiger partial charge in [-0.3, -0.25) is 0 Å². The van der Waals surface area contributed by atoms with Gasteiger partial charge in [0.2, 0.25) is 0 Å². The van der Waals surface area contributed by atoms with Crippen molar-refractivity contribution in [2.75, 3.05) is 20.0 Å². The van der Waals surface area contributed by atoms with Crippen molar-refractivity contribution < 1.29 is 9.47 Å². The van der Waals surface area contributed by atoms with Crippen LogP contribution in [0.4, 0.5) is 5.69 Å². The maximum absolute atomic E-state index is 9.40. The lowest BCUT2D eigenvalue weighted by Crippen LogP contribution is -2.00. The van der Waals surface area contributed by atoms with E-state index in [1.54, 1.807) is 39.3 Å². The highest BCUT2D eigenvalue weighted by atomic mass is 16.5. The molecule has 5 heteroatoms. The smallest absolute Gasteiger partial charge is 0.161 e. The van der Waals surface area contributed by atoms with Crippen LogP contribution >= 0.6 is 0 Å². The van der Waals surface area contributed by atoms with E-state index in [2.05, 4.69) is 6.07 Å². The molecule has 0 aromatic heterocycles. The van der Waals surface area contributed by atoms with Crippen LogP contribution in [0, 0.1) is 29.6 Å². The van der Waals surface area contributed by atoms with E-state index >= 15 is 0 Å². The van der Waals surface area contributed by atoms with Crippen LogP contribution < -0.4 is 15.2 Å². The fourth-order valence-electron chi connectivity index (χ4n) is 2.34. The number of anilines is 1. The van der Waals surface area contributed by atoms with Crippen molar-refractivity contribution in [3.8, 4) is 34.8 Å². The molecule has 0 fully saturated rings. The highest BCUT2D eigenvalue weighted by molar-refractivity contribution is 5.82. The molecular weight excluding hydrogens is 278 g/mol. The molecule has 110 valence electrons. The van der Waals surface area contributed by atoms with Crippen molar-refractivity contribution in [1.82, 2.24) is 0 Å². The van der Waals surface area contributed by atoms with E-state index in [0.717, 1.165) is 11.1 Å². The van der Waals surface area contributed by atoms with Crippen molar-refractivity contribution in [2.24, 2.45) is 0 Å².